The molecule has 0 aliphatic carbocycles. The summed E-state index contributed by atoms with van der Waals surface area (Å²) < 4.78 is 1.66. The SMILES string of the molecule is Cc1ccc(C)c(-n2c(C)nc3ncccc3c2=O)c1. The Kier molecular flexibility index (Phi) is 2.86. The molecule has 0 atom stereocenters. The minimum Gasteiger partial charge on any atom is -0.268 e. The average molecular weight is 265 g/mol. The molecule has 2 aromatic heterocycles. The van der Waals surface area contributed by atoms with Crippen LogP contribution >= 0.6 is 0 Å². The van der Waals surface area contributed by atoms with Crippen molar-refractivity contribution in [1.29, 1.82) is 0 Å². The molecule has 3 aromatic rings. The van der Waals surface area contributed by atoms with Gasteiger partial charge in [0.25, 0.3) is 5.56 Å². The number of hydrogen-bond donors (Lipinski definition) is 0. The topological polar surface area (TPSA) is 47.8 Å². The maximum absolute atomic E-state index is 12.7. The van der Waals surface area contributed by atoms with E-state index in [1.807, 2.05) is 39.0 Å². The van der Waals surface area contributed by atoms with Crippen LogP contribution in [0, 0.1) is 20.8 Å². The van der Waals surface area contributed by atoms with E-state index in [4.69, 9.17) is 0 Å². The van der Waals surface area contributed by atoms with E-state index >= 15 is 0 Å². The quantitative estimate of drug-likeness (QED) is 0.679. The van der Waals surface area contributed by atoms with Crippen molar-refractivity contribution in [2.75, 3.05) is 0 Å². The average Bonchev–Trinajstić information content (AvgIpc) is 2.42. The van der Waals surface area contributed by atoms with Gasteiger partial charge in [0.05, 0.1) is 11.1 Å². The van der Waals surface area contributed by atoms with Crippen LogP contribution in [0.2, 0.25) is 0 Å². The highest BCUT2D eigenvalue weighted by Gasteiger charge is 2.12. The first-order chi connectivity index (χ1) is 9.58. The van der Waals surface area contributed by atoms with Crippen molar-refractivity contribution < 1.29 is 0 Å². The predicted molar refractivity (Wildman–Crippen MR) is 79.3 cm³/mol. The van der Waals surface area contributed by atoms with E-state index < -0.39 is 0 Å². The summed E-state index contributed by atoms with van der Waals surface area (Å²) in [4.78, 5) is 21.3. The maximum atomic E-state index is 12.7. The molecule has 20 heavy (non-hydrogen) atoms. The highest BCUT2D eigenvalue weighted by Crippen LogP contribution is 2.16. The fraction of sp³-hybridized carbons (Fsp3) is 0.188. The lowest BCUT2D eigenvalue weighted by atomic mass is 10.1. The first-order valence-corrected chi connectivity index (χ1v) is 6.50. The summed E-state index contributed by atoms with van der Waals surface area (Å²) in [6.07, 6.45) is 1.65. The van der Waals surface area contributed by atoms with Crippen molar-refractivity contribution in [2.45, 2.75) is 20.8 Å². The van der Waals surface area contributed by atoms with Gasteiger partial charge in [0.2, 0.25) is 0 Å². The van der Waals surface area contributed by atoms with Gasteiger partial charge in [-0.3, -0.25) is 9.36 Å². The van der Waals surface area contributed by atoms with Gasteiger partial charge < -0.3 is 0 Å². The number of pyridine rings is 1. The molecule has 0 N–H and O–H groups in total. The zero-order valence-electron chi connectivity index (χ0n) is 11.7. The van der Waals surface area contributed by atoms with Gasteiger partial charge in [-0.05, 0) is 50.1 Å². The van der Waals surface area contributed by atoms with Gasteiger partial charge in [0, 0.05) is 6.20 Å². The molecule has 0 fully saturated rings. The van der Waals surface area contributed by atoms with Crippen molar-refractivity contribution >= 4 is 11.0 Å². The van der Waals surface area contributed by atoms with Gasteiger partial charge >= 0.3 is 0 Å². The lowest BCUT2D eigenvalue weighted by Crippen LogP contribution is -2.23. The molecule has 0 bridgehead atoms. The Labute approximate surface area is 116 Å². The molecule has 0 radical (unpaired) electrons. The van der Waals surface area contributed by atoms with Gasteiger partial charge in [-0.25, -0.2) is 9.97 Å². The molecule has 0 spiro atoms. The molecule has 0 aliphatic rings. The van der Waals surface area contributed by atoms with Crippen LogP contribution in [0.15, 0.2) is 41.3 Å². The van der Waals surface area contributed by atoms with Gasteiger partial charge in [-0.15, -0.1) is 0 Å². The van der Waals surface area contributed by atoms with Gasteiger partial charge in [-0.1, -0.05) is 12.1 Å². The van der Waals surface area contributed by atoms with Crippen LogP contribution in [0.3, 0.4) is 0 Å². The molecular formula is C16H15N3O. The number of aryl methyl sites for hydroxylation is 3. The van der Waals surface area contributed by atoms with Crippen LogP contribution in [0.5, 0.6) is 0 Å². The first kappa shape index (κ1) is 12.5. The van der Waals surface area contributed by atoms with Crippen LogP contribution in [0.4, 0.5) is 0 Å². The van der Waals surface area contributed by atoms with Crippen LogP contribution in [-0.4, -0.2) is 14.5 Å². The third kappa shape index (κ3) is 1.90. The first-order valence-electron chi connectivity index (χ1n) is 6.50. The summed E-state index contributed by atoms with van der Waals surface area (Å²) in [5, 5.41) is 0.541. The number of benzene rings is 1. The highest BCUT2D eigenvalue weighted by atomic mass is 16.1. The molecule has 2 heterocycles. The number of rotatable bonds is 1. The van der Waals surface area contributed by atoms with Gasteiger partial charge in [0.15, 0.2) is 5.65 Å². The Hall–Kier alpha value is -2.49. The molecule has 4 nitrogen and oxygen atoms in total. The van der Waals surface area contributed by atoms with E-state index in [1.54, 1.807) is 22.9 Å². The van der Waals surface area contributed by atoms with Crippen LogP contribution in [0.25, 0.3) is 16.7 Å². The third-order valence-corrected chi connectivity index (χ3v) is 3.42. The Balaban J connectivity index is 2.42. The van der Waals surface area contributed by atoms with E-state index in [9.17, 15) is 4.79 Å². The normalized spacial score (nSPS) is 10.9. The number of aromatic nitrogens is 3. The summed E-state index contributed by atoms with van der Waals surface area (Å²) in [7, 11) is 0. The van der Waals surface area contributed by atoms with Gasteiger partial charge in [-0.2, -0.15) is 0 Å². The zero-order valence-corrected chi connectivity index (χ0v) is 11.7. The molecule has 0 aliphatic heterocycles. The third-order valence-electron chi connectivity index (χ3n) is 3.42. The van der Waals surface area contributed by atoms with Crippen molar-refractivity contribution in [3.8, 4) is 5.69 Å². The summed E-state index contributed by atoms with van der Waals surface area (Å²) in [6, 6.07) is 9.58. The summed E-state index contributed by atoms with van der Waals surface area (Å²) >= 11 is 0. The van der Waals surface area contributed by atoms with E-state index in [2.05, 4.69) is 9.97 Å². The number of nitrogens with zero attached hydrogens (tertiary/aromatic N) is 3. The summed E-state index contributed by atoms with van der Waals surface area (Å²) in [5.41, 5.74) is 3.46. The lowest BCUT2D eigenvalue weighted by Gasteiger charge is -2.13. The summed E-state index contributed by atoms with van der Waals surface area (Å²) in [6.45, 7) is 5.84. The fourth-order valence-corrected chi connectivity index (χ4v) is 2.37. The van der Waals surface area contributed by atoms with Crippen molar-refractivity contribution in [3.05, 3.63) is 63.8 Å². The minimum absolute atomic E-state index is 0.0747. The molecule has 0 saturated carbocycles. The molecule has 0 saturated heterocycles. The molecule has 0 unspecified atom stereocenters. The Morgan fingerprint density at radius 2 is 1.90 bits per heavy atom. The van der Waals surface area contributed by atoms with Crippen LogP contribution < -0.4 is 5.56 Å². The Morgan fingerprint density at radius 1 is 1.10 bits per heavy atom. The standard InChI is InChI=1S/C16H15N3O/c1-10-6-7-11(2)14(9-10)19-12(3)18-15-13(16(19)20)5-4-8-17-15/h4-9H,1-3H3. The van der Waals surface area contributed by atoms with Crippen LogP contribution in [0.1, 0.15) is 17.0 Å². The van der Waals surface area contributed by atoms with E-state index in [-0.39, 0.29) is 5.56 Å². The molecule has 3 rings (SSSR count). The Bertz CT molecular complexity index is 865. The van der Waals surface area contributed by atoms with E-state index in [0.29, 0.717) is 16.9 Å². The number of hydrogen-bond acceptors (Lipinski definition) is 3. The highest BCUT2D eigenvalue weighted by molar-refractivity contribution is 5.73. The second-order valence-corrected chi connectivity index (χ2v) is 4.96. The van der Waals surface area contributed by atoms with Gasteiger partial charge in [0.1, 0.15) is 5.82 Å². The van der Waals surface area contributed by atoms with E-state index in [1.165, 1.54) is 0 Å². The lowest BCUT2D eigenvalue weighted by molar-refractivity contribution is 0.881. The molecule has 100 valence electrons. The molecule has 4 heteroatoms. The molecule has 1 aromatic carbocycles. The monoisotopic (exact) mass is 265 g/mol. The Morgan fingerprint density at radius 3 is 2.70 bits per heavy atom. The number of fused-ring (bicyclic) bond motifs is 1. The largest absolute Gasteiger partial charge is 0.268 e. The maximum Gasteiger partial charge on any atom is 0.267 e. The minimum atomic E-state index is -0.0747. The second kappa shape index (κ2) is 4.56. The molecule has 0 amide bonds. The predicted octanol–water partition coefficient (Wildman–Crippen LogP) is 2.71. The van der Waals surface area contributed by atoms with Crippen LogP contribution in [-0.2, 0) is 0 Å². The second-order valence-electron chi connectivity index (χ2n) is 4.96. The van der Waals surface area contributed by atoms with Crippen molar-refractivity contribution in [3.63, 3.8) is 0 Å². The zero-order chi connectivity index (χ0) is 14.3. The van der Waals surface area contributed by atoms with Crippen molar-refractivity contribution in [1.82, 2.24) is 14.5 Å². The molecular weight excluding hydrogens is 250 g/mol. The van der Waals surface area contributed by atoms with E-state index in [0.717, 1.165) is 16.8 Å². The van der Waals surface area contributed by atoms with Crippen molar-refractivity contribution in [2.24, 2.45) is 0 Å². The summed E-state index contributed by atoms with van der Waals surface area (Å²) in [5.74, 6) is 0.648. The smallest absolute Gasteiger partial charge is 0.267 e. The fourth-order valence-electron chi connectivity index (χ4n) is 2.37.